The number of carbonyl (C=O) groups is 2. The van der Waals surface area contributed by atoms with Gasteiger partial charge in [0.15, 0.2) is 6.61 Å². The third kappa shape index (κ3) is 5.23. The molecule has 0 aliphatic rings. The number of aromatic amines is 1. The van der Waals surface area contributed by atoms with Crippen LogP contribution in [0.4, 0.5) is 0 Å². The van der Waals surface area contributed by atoms with Crippen molar-refractivity contribution in [3.8, 4) is 6.07 Å². The molecular formula is C17H23N3O4. The summed E-state index contributed by atoms with van der Waals surface area (Å²) in [5.41, 5.74) is 1.56. The molecule has 7 nitrogen and oxygen atoms in total. The molecular weight excluding hydrogens is 310 g/mol. The van der Waals surface area contributed by atoms with Crippen LogP contribution in [-0.2, 0) is 20.7 Å². The SMILES string of the molecule is CC[C@H](C)NC(=O)COC(=O)CCc1c(C)[nH]c(=O)c(C#N)c1C. The Kier molecular flexibility index (Phi) is 7.18. The fourth-order valence-corrected chi connectivity index (χ4v) is 2.28. The van der Waals surface area contributed by atoms with Gasteiger partial charge >= 0.3 is 5.97 Å². The van der Waals surface area contributed by atoms with E-state index in [2.05, 4.69) is 10.3 Å². The number of esters is 1. The highest BCUT2D eigenvalue weighted by atomic mass is 16.5. The molecule has 130 valence electrons. The van der Waals surface area contributed by atoms with Crippen LogP contribution in [0, 0.1) is 25.2 Å². The van der Waals surface area contributed by atoms with E-state index in [9.17, 15) is 14.4 Å². The highest BCUT2D eigenvalue weighted by Crippen LogP contribution is 2.15. The van der Waals surface area contributed by atoms with Crippen LogP contribution in [-0.4, -0.2) is 29.5 Å². The van der Waals surface area contributed by atoms with E-state index in [1.54, 1.807) is 13.8 Å². The minimum atomic E-state index is -0.502. The maximum absolute atomic E-state index is 11.8. The van der Waals surface area contributed by atoms with Gasteiger partial charge < -0.3 is 15.0 Å². The van der Waals surface area contributed by atoms with Crippen LogP contribution >= 0.6 is 0 Å². The first-order chi connectivity index (χ1) is 11.3. The molecule has 0 aliphatic carbocycles. The molecule has 0 spiro atoms. The Labute approximate surface area is 141 Å². The van der Waals surface area contributed by atoms with Gasteiger partial charge in [0.25, 0.3) is 11.5 Å². The number of nitrogens with one attached hydrogen (secondary N) is 2. The van der Waals surface area contributed by atoms with E-state index in [4.69, 9.17) is 10.00 Å². The van der Waals surface area contributed by atoms with Crippen molar-refractivity contribution in [3.05, 3.63) is 32.7 Å². The van der Waals surface area contributed by atoms with Crippen molar-refractivity contribution >= 4 is 11.9 Å². The highest BCUT2D eigenvalue weighted by Gasteiger charge is 2.14. The van der Waals surface area contributed by atoms with Gasteiger partial charge in [-0.2, -0.15) is 5.26 Å². The highest BCUT2D eigenvalue weighted by molar-refractivity contribution is 5.80. The maximum Gasteiger partial charge on any atom is 0.306 e. The first-order valence-electron chi connectivity index (χ1n) is 7.87. The summed E-state index contributed by atoms with van der Waals surface area (Å²) in [5, 5.41) is 11.7. The zero-order valence-electron chi connectivity index (χ0n) is 14.5. The molecule has 7 heteroatoms. The summed E-state index contributed by atoms with van der Waals surface area (Å²) in [4.78, 5) is 37.6. The van der Waals surface area contributed by atoms with E-state index < -0.39 is 11.5 Å². The molecule has 0 aromatic carbocycles. The number of ether oxygens (including phenoxy) is 1. The number of nitrogens with zero attached hydrogens (tertiary/aromatic N) is 1. The van der Waals surface area contributed by atoms with Crippen molar-refractivity contribution < 1.29 is 14.3 Å². The Morgan fingerprint density at radius 3 is 2.62 bits per heavy atom. The summed E-state index contributed by atoms with van der Waals surface area (Å²) in [6.07, 6.45) is 1.19. The van der Waals surface area contributed by atoms with Gasteiger partial charge in [0.2, 0.25) is 0 Å². The first kappa shape index (κ1) is 19.4. The van der Waals surface area contributed by atoms with Gasteiger partial charge in [-0.1, -0.05) is 6.92 Å². The summed E-state index contributed by atoms with van der Waals surface area (Å²) in [7, 11) is 0. The molecule has 0 saturated carbocycles. The number of aryl methyl sites for hydroxylation is 1. The lowest BCUT2D eigenvalue weighted by Gasteiger charge is -2.12. The van der Waals surface area contributed by atoms with Crippen LogP contribution in [0.5, 0.6) is 0 Å². The molecule has 1 amide bonds. The van der Waals surface area contributed by atoms with Crippen LogP contribution in [0.1, 0.15) is 49.1 Å². The molecule has 0 bridgehead atoms. The number of aromatic nitrogens is 1. The van der Waals surface area contributed by atoms with Crippen molar-refractivity contribution in [1.82, 2.24) is 10.3 Å². The predicted octanol–water partition coefficient (Wildman–Crippen LogP) is 1.25. The van der Waals surface area contributed by atoms with E-state index in [1.165, 1.54) is 0 Å². The number of nitriles is 1. The molecule has 1 aromatic rings. The maximum atomic E-state index is 11.8. The second-order valence-corrected chi connectivity index (χ2v) is 5.71. The van der Waals surface area contributed by atoms with Crippen LogP contribution < -0.4 is 10.9 Å². The fourth-order valence-electron chi connectivity index (χ4n) is 2.28. The van der Waals surface area contributed by atoms with Gasteiger partial charge in [-0.25, -0.2) is 0 Å². The van der Waals surface area contributed by atoms with Gasteiger partial charge in [0.05, 0.1) is 0 Å². The van der Waals surface area contributed by atoms with Crippen LogP contribution in [0.3, 0.4) is 0 Å². The van der Waals surface area contributed by atoms with Gasteiger partial charge in [0, 0.05) is 18.2 Å². The standard InChI is InChI=1S/C17H23N3O4/c1-5-10(2)19-15(21)9-24-16(22)7-6-13-11(3)14(8-18)17(23)20-12(13)4/h10H,5-7,9H2,1-4H3,(H,19,21)(H,20,23)/t10-/m0/s1. The van der Waals surface area contributed by atoms with Gasteiger partial charge in [-0.05, 0) is 44.7 Å². The van der Waals surface area contributed by atoms with Gasteiger partial charge in [-0.15, -0.1) is 0 Å². The molecule has 0 radical (unpaired) electrons. The molecule has 0 unspecified atom stereocenters. The molecule has 1 heterocycles. The molecule has 2 N–H and O–H groups in total. The lowest BCUT2D eigenvalue weighted by molar-refractivity contribution is -0.148. The monoisotopic (exact) mass is 333 g/mol. The smallest absolute Gasteiger partial charge is 0.306 e. The zero-order chi connectivity index (χ0) is 18.3. The average Bonchev–Trinajstić information content (AvgIpc) is 2.52. The minimum Gasteiger partial charge on any atom is -0.456 e. The Balaban J connectivity index is 2.61. The summed E-state index contributed by atoms with van der Waals surface area (Å²) in [6, 6.07) is 1.90. The molecule has 1 rings (SSSR count). The fraction of sp³-hybridized carbons (Fsp3) is 0.529. The number of H-pyrrole nitrogens is 1. The Morgan fingerprint density at radius 1 is 1.38 bits per heavy atom. The first-order valence-corrected chi connectivity index (χ1v) is 7.87. The van der Waals surface area contributed by atoms with Gasteiger partial charge in [0.1, 0.15) is 11.6 Å². The Morgan fingerprint density at radius 2 is 2.04 bits per heavy atom. The number of hydrogen-bond acceptors (Lipinski definition) is 5. The van der Waals surface area contributed by atoms with Crippen LogP contribution in [0.25, 0.3) is 0 Å². The largest absolute Gasteiger partial charge is 0.456 e. The lowest BCUT2D eigenvalue weighted by Crippen LogP contribution is -2.35. The van der Waals surface area contributed by atoms with E-state index in [-0.39, 0.29) is 30.5 Å². The van der Waals surface area contributed by atoms with Crippen molar-refractivity contribution in [2.24, 2.45) is 0 Å². The number of amides is 1. The van der Waals surface area contributed by atoms with Crippen molar-refractivity contribution in [3.63, 3.8) is 0 Å². The topological polar surface area (TPSA) is 112 Å². The average molecular weight is 333 g/mol. The predicted molar refractivity (Wildman–Crippen MR) is 88.4 cm³/mol. The molecule has 0 saturated heterocycles. The minimum absolute atomic E-state index is 0.0343. The van der Waals surface area contributed by atoms with Gasteiger partial charge in [-0.3, -0.25) is 14.4 Å². The molecule has 1 atom stereocenters. The third-order valence-corrected chi connectivity index (χ3v) is 3.88. The zero-order valence-corrected chi connectivity index (χ0v) is 14.5. The number of rotatable bonds is 7. The summed E-state index contributed by atoms with van der Waals surface area (Å²) < 4.78 is 4.94. The van der Waals surface area contributed by atoms with E-state index >= 15 is 0 Å². The quantitative estimate of drug-likeness (QED) is 0.729. The summed E-state index contributed by atoms with van der Waals surface area (Å²) in [5.74, 6) is -0.835. The van der Waals surface area contributed by atoms with E-state index in [0.29, 0.717) is 17.7 Å². The summed E-state index contributed by atoms with van der Waals surface area (Å²) in [6.45, 7) is 6.91. The van der Waals surface area contributed by atoms with Crippen molar-refractivity contribution in [1.29, 1.82) is 5.26 Å². The van der Waals surface area contributed by atoms with E-state index in [0.717, 1.165) is 12.0 Å². The second-order valence-electron chi connectivity index (χ2n) is 5.71. The van der Waals surface area contributed by atoms with Crippen molar-refractivity contribution in [2.45, 2.75) is 53.0 Å². The molecule has 0 fully saturated rings. The molecule has 0 aliphatic heterocycles. The van der Waals surface area contributed by atoms with Crippen LogP contribution in [0.15, 0.2) is 4.79 Å². The third-order valence-electron chi connectivity index (χ3n) is 3.88. The molecule has 24 heavy (non-hydrogen) atoms. The number of carbonyl (C=O) groups excluding carboxylic acids is 2. The second kappa shape index (κ2) is 8.87. The Bertz CT molecular complexity index is 716. The number of pyridine rings is 1. The van der Waals surface area contributed by atoms with Crippen LogP contribution in [0.2, 0.25) is 0 Å². The van der Waals surface area contributed by atoms with Crippen molar-refractivity contribution in [2.75, 3.05) is 6.61 Å². The number of hydrogen-bond donors (Lipinski definition) is 2. The summed E-state index contributed by atoms with van der Waals surface area (Å²) >= 11 is 0. The normalized spacial score (nSPS) is 11.5. The lowest BCUT2D eigenvalue weighted by atomic mass is 9.99. The molecule has 1 aromatic heterocycles. The van der Waals surface area contributed by atoms with E-state index in [1.807, 2.05) is 19.9 Å². The Hall–Kier alpha value is -2.62.